The van der Waals surface area contributed by atoms with Crippen molar-refractivity contribution in [2.75, 3.05) is 6.54 Å². The van der Waals surface area contributed by atoms with Crippen LogP contribution in [0.3, 0.4) is 0 Å². The maximum absolute atomic E-state index is 11.1. The van der Waals surface area contributed by atoms with Gasteiger partial charge in [0.1, 0.15) is 6.29 Å². The number of hydrogen-bond acceptors (Lipinski definition) is 5. The van der Waals surface area contributed by atoms with E-state index < -0.39 is 11.8 Å². The van der Waals surface area contributed by atoms with Crippen LogP contribution in [0.15, 0.2) is 59.2 Å². The number of carboxylic acid groups (broad SMARTS) is 1. The van der Waals surface area contributed by atoms with E-state index in [1.54, 1.807) is 6.07 Å². The van der Waals surface area contributed by atoms with Gasteiger partial charge >= 0.3 is 5.97 Å². The molecule has 2 aromatic carbocycles. The van der Waals surface area contributed by atoms with Gasteiger partial charge in [0.15, 0.2) is 5.79 Å². The van der Waals surface area contributed by atoms with Crippen LogP contribution in [-0.2, 0) is 17.8 Å². The smallest absolute Gasteiger partial charge is 0.338 e. The predicted molar refractivity (Wildman–Crippen MR) is 119 cm³/mol. The summed E-state index contributed by atoms with van der Waals surface area (Å²) in [6.45, 7) is 3.45. The molecule has 1 atom stereocenters. The molecular weight excluding hydrogens is 392 g/mol. The van der Waals surface area contributed by atoms with Crippen LogP contribution in [0.4, 0.5) is 0 Å². The Balaban J connectivity index is 1.45. The molecule has 3 N–H and O–H groups in total. The lowest BCUT2D eigenvalue weighted by Crippen LogP contribution is -2.56. The van der Waals surface area contributed by atoms with Gasteiger partial charge in [-0.15, -0.1) is 0 Å². The number of fused-ring (bicyclic) bond motifs is 3. The fourth-order valence-electron chi connectivity index (χ4n) is 4.34. The van der Waals surface area contributed by atoms with Gasteiger partial charge in [0.25, 0.3) is 0 Å². The lowest BCUT2D eigenvalue weighted by molar-refractivity contribution is -0.132. The first kappa shape index (κ1) is 19.3. The van der Waals surface area contributed by atoms with Crippen molar-refractivity contribution in [2.45, 2.75) is 25.7 Å². The van der Waals surface area contributed by atoms with Crippen LogP contribution in [0.5, 0.6) is 0 Å². The third-order valence-corrected chi connectivity index (χ3v) is 6.15. The van der Waals surface area contributed by atoms with E-state index in [4.69, 9.17) is 5.11 Å². The standard InChI is InChI=1S/C24H22N4O3/c1-24(25-11-18(12-26-24)23(30)31)28-8-7-21-20(13-28)19-6-5-17(10-22(19)27-21)16-4-2-3-15(9-16)14-29/h2-6,9-12,14,25,27H,7-8,13H2,1H3,(H,30,31). The fourth-order valence-corrected chi connectivity index (χ4v) is 4.34. The van der Waals surface area contributed by atoms with Crippen LogP contribution >= 0.6 is 0 Å². The molecule has 0 saturated carbocycles. The first-order valence-electron chi connectivity index (χ1n) is 10.2. The Hall–Kier alpha value is -3.71. The van der Waals surface area contributed by atoms with E-state index in [1.807, 2.05) is 25.1 Å². The van der Waals surface area contributed by atoms with Crippen LogP contribution in [0.25, 0.3) is 22.0 Å². The Bertz CT molecular complexity index is 1270. The van der Waals surface area contributed by atoms with Crippen LogP contribution in [0, 0.1) is 0 Å². The van der Waals surface area contributed by atoms with Crippen LogP contribution in [-0.4, -0.2) is 45.8 Å². The molecule has 3 heterocycles. The Morgan fingerprint density at radius 3 is 2.81 bits per heavy atom. The number of hydrogen-bond donors (Lipinski definition) is 3. The normalized spacial score (nSPS) is 20.7. The molecule has 0 bridgehead atoms. The van der Waals surface area contributed by atoms with E-state index >= 15 is 0 Å². The molecular formula is C24H22N4O3. The van der Waals surface area contributed by atoms with E-state index in [-0.39, 0.29) is 5.57 Å². The molecule has 0 fully saturated rings. The highest BCUT2D eigenvalue weighted by atomic mass is 16.4. The summed E-state index contributed by atoms with van der Waals surface area (Å²) in [5, 5.41) is 13.5. The van der Waals surface area contributed by atoms with Crippen LogP contribution in [0.1, 0.15) is 28.5 Å². The van der Waals surface area contributed by atoms with Gasteiger partial charge in [-0.2, -0.15) is 0 Å². The van der Waals surface area contributed by atoms with E-state index in [9.17, 15) is 9.59 Å². The maximum Gasteiger partial charge on any atom is 0.338 e. The molecule has 1 unspecified atom stereocenters. The number of carbonyl (C=O) groups excluding carboxylic acids is 1. The number of aromatic amines is 1. The molecule has 5 rings (SSSR count). The van der Waals surface area contributed by atoms with Gasteiger partial charge in [0, 0.05) is 54.1 Å². The van der Waals surface area contributed by atoms with Gasteiger partial charge in [-0.25, -0.2) is 9.79 Å². The van der Waals surface area contributed by atoms with Crippen LogP contribution in [0.2, 0.25) is 0 Å². The molecule has 3 aromatic rings. The summed E-state index contributed by atoms with van der Waals surface area (Å²) in [5.74, 6) is -1.68. The Morgan fingerprint density at radius 1 is 1.23 bits per heavy atom. The number of aromatic nitrogens is 1. The van der Waals surface area contributed by atoms with Gasteiger partial charge in [-0.05, 0) is 35.7 Å². The largest absolute Gasteiger partial charge is 0.478 e. The molecule has 0 spiro atoms. The number of nitrogens with one attached hydrogen (secondary N) is 2. The molecule has 2 aliphatic heterocycles. The molecule has 1 aromatic heterocycles. The highest BCUT2D eigenvalue weighted by molar-refractivity contribution is 6.08. The second-order valence-electron chi connectivity index (χ2n) is 8.09. The molecule has 2 aliphatic rings. The predicted octanol–water partition coefficient (Wildman–Crippen LogP) is 3.32. The van der Waals surface area contributed by atoms with Gasteiger partial charge in [0.05, 0.1) is 5.57 Å². The van der Waals surface area contributed by atoms with E-state index in [0.29, 0.717) is 12.1 Å². The van der Waals surface area contributed by atoms with Gasteiger partial charge in [-0.1, -0.05) is 30.3 Å². The van der Waals surface area contributed by atoms with Crippen molar-refractivity contribution in [2.24, 2.45) is 4.99 Å². The SMILES string of the molecule is CC1(N2CCc3[nH]c4cc(-c5cccc(C=O)c5)ccc4c3C2)N=CC(C(=O)O)=CN1. The highest BCUT2D eigenvalue weighted by Crippen LogP contribution is 2.33. The number of benzene rings is 2. The van der Waals surface area contributed by atoms with E-state index in [0.717, 1.165) is 35.9 Å². The number of rotatable bonds is 4. The zero-order chi connectivity index (χ0) is 21.6. The average Bonchev–Trinajstić information content (AvgIpc) is 3.16. The zero-order valence-electron chi connectivity index (χ0n) is 17.1. The molecule has 0 saturated heterocycles. The first-order chi connectivity index (χ1) is 15.0. The average molecular weight is 414 g/mol. The Morgan fingerprint density at radius 2 is 2.06 bits per heavy atom. The van der Waals surface area contributed by atoms with E-state index in [2.05, 4.69) is 38.4 Å². The van der Waals surface area contributed by atoms with Crippen molar-refractivity contribution in [1.82, 2.24) is 15.2 Å². The first-order valence-corrected chi connectivity index (χ1v) is 10.2. The minimum atomic E-state index is -0.995. The van der Waals surface area contributed by atoms with Crippen molar-refractivity contribution in [1.29, 1.82) is 0 Å². The maximum atomic E-state index is 11.1. The molecule has 7 heteroatoms. The van der Waals surface area contributed by atoms with Crippen molar-refractivity contribution < 1.29 is 14.7 Å². The quantitative estimate of drug-likeness (QED) is 0.569. The van der Waals surface area contributed by atoms with Gasteiger partial charge in [0.2, 0.25) is 0 Å². The summed E-state index contributed by atoms with van der Waals surface area (Å²) < 4.78 is 0. The number of carbonyl (C=O) groups is 2. The number of aldehydes is 1. The van der Waals surface area contributed by atoms with Crippen molar-refractivity contribution in [3.05, 3.63) is 71.1 Å². The summed E-state index contributed by atoms with van der Waals surface area (Å²) in [6, 6.07) is 13.9. The van der Waals surface area contributed by atoms with Gasteiger partial charge in [-0.3, -0.25) is 9.69 Å². The van der Waals surface area contributed by atoms with E-state index in [1.165, 1.54) is 29.1 Å². The number of carboxylic acids is 1. The zero-order valence-corrected chi connectivity index (χ0v) is 17.1. The molecule has 0 amide bonds. The number of aliphatic carboxylic acids is 1. The Kier molecular flexibility index (Phi) is 4.48. The second-order valence-corrected chi connectivity index (χ2v) is 8.09. The van der Waals surface area contributed by atoms with Crippen molar-refractivity contribution >= 4 is 29.4 Å². The fraction of sp³-hybridized carbons (Fsp3) is 0.208. The third-order valence-electron chi connectivity index (χ3n) is 6.15. The number of nitrogens with zero attached hydrogens (tertiary/aromatic N) is 2. The lowest BCUT2D eigenvalue weighted by atomic mass is 9.99. The summed E-state index contributed by atoms with van der Waals surface area (Å²) in [4.78, 5) is 32.5. The van der Waals surface area contributed by atoms with Crippen molar-refractivity contribution in [3.8, 4) is 11.1 Å². The summed E-state index contributed by atoms with van der Waals surface area (Å²) in [7, 11) is 0. The molecule has 0 aliphatic carbocycles. The molecule has 0 radical (unpaired) electrons. The van der Waals surface area contributed by atoms with Crippen LogP contribution < -0.4 is 5.32 Å². The minimum absolute atomic E-state index is 0.147. The number of H-pyrrole nitrogens is 1. The minimum Gasteiger partial charge on any atom is -0.478 e. The van der Waals surface area contributed by atoms with Gasteiger partial charge < -0.3 is 15.4 Å². The Labute approximate surface area is 179 Å². The topological polar surface area (TPSA) is 97.8 Å². The van der Waals surface area contributed by atoms with Crippen molar-refractivity contribution in [3.63, 3.8) is 0 Å². The summed E-state index contributed by atoms with van der Waals surface area (Å²) in [6.07, 6.45) is 4.65. The third kappa shape index (κ3) is 3.33. The second kappa shape index (κ2) is 7.21. The summed E-state index contributed by atoms with van der Waals surface area (Å²) >= 11 is 0. The molecule has 31 heavy (non-hydrogen) atoms. The number of aliphatic imine (C=N–C) groups is 1. The summed E-state index contributed by atoms with van der Waals surface area (Å²) in [5.41, 5.74) is 6.40. The molecule has 156 valence electrons. The lowest BCUT2D eigenvalue weighted by Gasteiger charge is -2.41. The highest BCUT2D eigenvalue weighted by Gasteiger charge is 2.35. The molecule has 7 nitrogen and oxygen atoms in total. The monoisotopic (exact) mass is 414 g/mol.